The number of nitrogens with one attached hydrogen (secondary N) is 1. The van der Waals surface area contributed by atoms with Crippen molar-refractivity contribution in [1.82, 2.24) is 24.9 Å². The zero-order valence-electron chi connectivity index (χ0n) is 18.5. The normalized spacial score (nSPS) is 16.1. The van der Waals surface area contributed by atoms with Crippen molar-refractivity contribution in [3.63, 3.8) is 0 Å². The predicted octanol–water partition coefficient (Wildman–Crippen LogP) is 2.23. The third-order valence-electron chi connectivity index (χ3n) is 6.13. The van der Waals surface area contributed by atoms with Crippen molar-refractivity contribution in [2.75, 3.05) is 0 Å². The van der Waals surface area contributed by atoms with Crippen molar-refractivity contribution in [2.24, 2.45) is 5.73 Å². The molecule has 36 heavy (non-hydrogen) atoms. The molecule has 5 rings (SSSR count). The van der Waals surface area contributed by atoms with Crippen LogP contribution >= 0.6 is 0 Å². The summed E-state index contributed by atoms with van der Waals surface area (Å²) in [6, 6.07) is 3.07. The van der Waals surface area contributed by atoms with Crippen LogP contribution in [0, 0.1) is 17.5 Å². The number of H-pyrrole nitrogens is 1. The minimum absolute atomic E-state index is 0.00355. The predicted molar refractivity (Wildman–Crippen MR) is 118 cm³/mol. The van der Waals surface area contributed by atoms with Crippen LogP contribution in [0.4, 0.5) is 13.2 Å². The molecule has 13 heteroatoms. The van der Waals surface area contributed by atoms with Gasteiger partial charge in [0.05, 0.1) is 24.4 Å². The number of rotatable bonds is 5. The molecule has 3 heterocycles. The molecule has 0 saturated carbocycles. The molecule has 10 nitrogen and oxygen atoms in total. The monoisotopic (exact) mass is 500 g/mol. The van der Waals surface area contributed by atoms with E-state index >= 15 is 0 Å². The molecule has 4 N–H and O–H groups in total. The average Bonchev–Trinajstić information content (AvgIpc) is 3.45. The summed E-state index contributed by atoms with van der Waals surface area (Å²) in [5.41, 5.74) is 6.37. The van der Waals surface area contributed by atoms with E-state index < -0.39 is 40.9 Å². The number of fused-ring (bicyclic) bond motifs is 1. The summed E-state index contributed by atoms with van der Waals surface area (Å²) in [5.74, 6) is -4.57. The van der Waals surface area contributed by atoms with Crippen LogP contribution in [0.1, 0.15) is 39.8 Å². The highest BCUT2D eigenvalue weighted by atomic mass is 19.2. The number of nitrogens with zero attached hydrogens (tertiary/aromatic N) is 4. The number of hydrogen-bond donors (Lipinski definition) is 3. The zero-order chi connectivity index (χ0) is 25.6. The maximum absolute atomic E-state index is 14.4. The third kappa shape index (κ3) is 4.28. The lowest BCUT2D eigenvalue weighted by Gasteiger charge is -2.24. The molecule has 0 fully saturated rings. The van der Waals surface area contributed by atoms with Crippen molar-refractivity contribution in [3.05, 3.63) is 81.0 Å². The van der Waals surface area contributed by atoms with Crippen LogP contribution in [0.25, 0.3) is 11.5 Å². The summed E-state index contributed by atoms with van der Waals surface area (Å²) in [7, 11) is 0. The molecular formula is C23H19F3N6O4. The number of aromatic amines is 1. The fourth-order valence-electron chi connectivity index (χ4n) is 4.36. The molecule has 0 saturated heterocycles. The van der Waals surface area contributed by atoms with Gasteiger partial charge in [0.15, 0.2) is 11.6 Å². The summed E-state index contributed by atoms with van der Waals surface area (Å²) < 4.78 is 48.0. The first-order valence-corrected chi connectivity index (χ1v) is 11.0. The number of nitrogens with two attached hydrogens (primary N) is 1. The Morgan fingerprint density at radius 2 is 2.11 bits per heavy atom. The first kappa shape index (κ1) is 23.5. The Morgan fingerprint density at radius 3 is 2.86 bits per heavy atom. The summed E-state index contributed by atoms with van der Waals surface area (Å²) in [6.45, 7) is 0. The fraction of sp³-hybridized carbons (Fsp3) is 0.261. The number of pyridine rings is 1. The summed E-state index contributed by atoms with van der Waals surface area (Å²) >= 11 is 0. The van der Waals surface area contributed by atoms with Gasteiger partial charge in [-0.05, 0) is 48.9 Å². The van der Waals surface area contributed by atoms with Crippen LogP contribution in [0.15, 0.2) is 39.8 Å². The lowest BCUT2D eigenvalue weighted by atomic mass is 9.82. The maximum Gasteiger partial charge on any atom is 0.267 e. The molecule has 1 aromatic carbocycles. The van der Waals surface area contributed by atoms with Gasteiger partial charge in [0.1, 0.15) is 17.3 Å². The smallest absolute Gasteiger partial charge is 0.267 e. The van der Waals surface area contributed by atoms with E-state index in [1.165, 1.54) is 18.3 Å². The maximum atomic E-state index is 14.4. The van der Waals surface area contributed by atoms with Crippen LogP contribution in [0.5, 0.6) is 5.75 Å². The quantitative estimate of drug-likeness (QED) is 0.353. The van der Waals surface area contributed by atoms with E-state index in [0.29, 0.717) is 17.3 Å². The molecular weight excluding hydrogens is 481 g/mol. The molecule has 186 valence electrons. The average molecular weight is 500 g/mol. The number of halogens is 3. The van der Waals surface area contributed by atoms with E-state index in [-0.39, 0.29) is 54.4 Å². The Bertz CT molecular complexity index is 1510. The van der Waals surface area contributed by atoms with Crippen LogP contribution in [-0.4, -0.2) is 42.0 Å². The molecule has 4 aromatic rings. The number of benzene rings is 1. The zero-order valence-corrected chi connectivity index (χ0v) is 18.5. The number of aromatic nitrogens is 5. The molecule has 1 aliphatic rings. The molecule has 0 bridgehead atoms. The second-order valence-electron chi connectivity index (χ2n) is 8.49. The van der Waals surface area contributed by atoms with Crippen molar-refractivity contribution >= 4 is 5.91 Å². The van der Waals surface area contributed by atoms with Gasteiger partial charge in [0, 0.05) is 11.6 Å². The standard InChI is InChI=1S/C23H19F3N6O4/c24-11-6-14(20(26)15(25)7-11)10-1-3-13-18(5-10)32(30-22(13)34)23(35)16(27)8-19-29-21(31-36-19)17-4-2-12(33)9-28-17/h2,4,6-7,9-10,16,33H,1,3,5,8,27H2,(H,30,34). The Balaban J connectivity index is 1.37. The molecule has 3 aromatic heterocycles. The minimum atomic E-state index is -1.30. The lowest BCUT2D eigenvalue weighted by Crippen LogP contribution is -2.38. The van der Waals surface area contributed by atoms with Gasteiger partial charge < -0.3 is 15.4 Å². The number of carbonyl (C=O) groups is 1. The number of aromatic hydroxyl groups is 1. The highest BCUT2D eigenvalue weighted by molar-refractivity contribution is 5.84. The van der Waals surface area contributed by atoms with Gasteiger partial charge in [0.2, 0.25) is 11.7 Å². The van der Waals surface area contributed by atoms with E-state index in [9.17, 15) is 27.9 Å². The van der Waals surface area contributed by atoms with Crippen LogP contribution in [0.2, 0.25) is 0 Å². The third-order valence-corrected chi connectivity index (χ3v) is 6.13. The first-order valence-electron chi connectivity index (χ1n) is 11.0. The lowest BCUT2D eigenvalue weighted by molar-refractivity contribution is 0.0853. The molecule has 0 aliphatic heterocycles. The van der Waals surface area contributed by atoms with E-state index in [1.807, 2.05) is 0 Å². The van der Waals surface area contributed by atoms with Gasteiger partial charge in [-0.25, -0.2) is 22.8 Å². The van der Waals surface area contributed by atoms with Crippen LogP contribution in [-0.2, 0) is 19.3 Å². The van der Waals surface area contributed by atoms with Gasteiger partial charge in [-0.15, -0.1) is 0 Å². The number of carbonyl (C=O) groups excluding carboxylic acids is 1. The summed E-state index contributed by atoms with van der Waals surface area (Å²) in [6.07, 6.45) is 1.52. The molecule has 0 amide bonds. The molecule has 0 radical (unpaired) electrons. The molecule has 1 aliphatic carbocycles. The largest absolute Gasteiger partial charge is 0.506 e. The minimum Gasteiger partial charge on any atom is -0.506 e. The van der Waals surface area contributed by atoms with Gasteiger partial charge in [-0.3, -0.25) is 14.7 Å². The van der Waals surface area contributed by atoms with Crippen molar-refractivity contribution in [3.8, 4) is 17.3 Å². The van der Waals surface area contributed by atoms with Gasteiger partial charge >= 0.3 is 0 Å². The van der Waals surface area contributed by atoms with Crippen molar-refractivity contribution in [2.45, 2.75) is 37.6 Å². The molecule has 2 atom stereocenters. The van der Waals surface area contributed by atoms with E-state index in [1.54, 1.807) is 0 Å². The van der Waals surface area contributed by atoms with Gasteiger partial charge in [-0.2, -0.15) is 4.98 Å². The van der Waals surface area contributed by atoms with Crippen molar-refractivity contribution < 1.29 is 27.6 Å². The number of hydrogen-bond acceptors (Lipinski definition) is 8. The highest BCUT2D eigenvalue weighted by Gasteiger charge is 2.32. The van der Waals surface area contributed by atoms with Crippen molar-refractivity contribution in [1.29, 1.82) is 0 Å². The molecule has 2 unspecified atom stereocenters. The summed E-state index contributed by atoms with van der Waals surface area (Å²) in [5, 5.41) is 15.6. The highest BCUT2D eigenvalue weighted by Crippen LogP contribution is 2.34. The second-order valence-corrected chi connectivity index (χ2v) is 8.49. The molecule has 0 spiro atoms. The van der Waals surface area contributed by atoms with E-state index in [4.69, 9.17) is 10.3 Å². The first-order chi connectivity index (χ1) is 17.2. The summed E-state index contributed by atoms with van der Waals surface area (Å²) in [4.78, 5) is 33.7. The van der Waals surface area contributed by atoms with Crippen LogP contribution in [0.3, 0.4) is 0 Å². The fourth-order valence-corrected chi connectivity index (χ4v) is 4.36. The van der Waals surface area contributed by atoms with Gasteiger partial charge in [0.25, 0.3) is 11.5 Å². The Kier molecular flexibility index (Phi) is 5.92. The topological polar surface area (TPSA) is 153 Å². The SMILES string of the molecule is NC(Cc1nc(-c2ccc(O)cn2)no1)C(=O)n1[nH]c(=O)c2c1CC(c1cc(F)cc(F)c1F)CC2. The van der Waals surface area contributed by atoms with Crippen LogP contribution < -0.4 is 11.3 Å². The Morgan fingerprint density at radius 1 is 1.31 bits per heavy atom. The Hall–Kier alpha value is -4.26. The Labute approximate surface area is 200 Å². The van der Waals surface area contributed by atoms with E-state index in [0.717, 1.165) is 10.7 Å². The van der Waals surface area contributed by atoms with Gasteiger partial charge in [-0.1, -0.05) is 5.16 Å². The van der Waals surface area contributed by atoms with E-state index in [2.05, 4.69) is 20.2 Å². The second kappa shape index (κ2) is 9.07.